The van der Waals surface area contributed by atoms with Crippen molar-refractivity contribution in [3.05, 3.63) is 108 Å². The van der Waals surface area contributed by atoms with Crippen LogP contribution in [0, 0.1) is 5.92 Å². The highest BCUT2D eigenvalue weighted by molar-refractivity contribution is 5.33. The van der Waals surface area contributed by atoms with Crippen molar-refractivity contribution in [3.63, 3.8) is 0 Å². The monoisotopic (exact) mass is 357 g/mol. The summed E-state index contributed by atoms with van der Waals surface area (Å²) in [5.41, 5.74) is 4.22. The fourth-order valence-corrected chi connectivity index (χ4v) is 4.05. The highest BCUT2D eigenvalue weighted by Gasteiger charge is 2.22. The quantitative estimate of drug-likeness (QED) is 0.490. The van der Waals surface area contributed by atoms with Gasteiger partial charge in [0, 0.05) is 12.0 Å². The molecule has 27 heavy (non-hydrogen) atoms. The van der Waals surface area contributed by atoms with Crippen molar-refractivity contribution in [2.45, 2.75) is 38.6 Å². The van der Waals surface area contributed by atoms with Crippen LogP contribution in [-0.4, -0.2) is 12.6 Å². The van der Waals surface area contributed by atoms with Crippen LogP contribution in [0.25, 0.3) is 0 Å². The van der Waals surface area contributed by atoms with Crippen LogP contribution in [0.4, 0.5) is 0 Å². The van der Waals surface area contributed by atoms with Crippen molar-refractivity contribution in [1.29, 1.82) is 0 Å². The molecule has 0 aliphatic carbocycles. The Morgan fingerprint density at radius 1 is 0.667 bits per heavy atom. The van der Waals surface area contributed by atoms with Gasteiger partial charge < -0.3 is 5.32 Å². The molecule has 140 valence electrons. The maximum absolute atomic E-state index is 3.72. The van der Waals surface area contributed by atoms with Gasteiger partial charge in [-0.05, 0) is 48.9 Å². The van der Waals surface area contributed by atoms with Gasteiger partial charge in [-0.25, -0.2) is 0 Å². The third kappa shape index (κ3) is 5.80. The first-order valence-electron chi connectivity index (χ1n) is 10.1. The summed E-state index contributed by atoms with van der Waals surface area (Å²) in [7, 11) is 0. The predicted molar refractivity (Wildman–Crippen MR) is 116 cm³/mol. The molecule has 0 saturated carbocycles. The highest BCUT2D eigenvalue weighted by atomic mass is 14.9. The van der Waals surface area contributed by atoms with Crippen LogP contribution < -0.4 is 5.32 Å². The molecule has 0 bridgehead atoms. The molecule has 1 N–H and O–H groups in total. The Morgan fingerprint density at radius 3 is 1.67 bits per heavy atom. The molecule has 0 saturated heterocycles. The zero-order valence-corrected chi connectivity index (χ0v) is 16.5. The molecular formula is C26H31N. The predicted octanol–water partition coefficient (Wildman–Crippen LogP) is 6.07. The average Bonchev–Trinajstić information content (AvgIpc) is 2.70. The van der Waals surface area contributed by atoms with Gasteiger partial charge in [0.15, 0.2) is 0 Å². The molecule has 0 radical (unpaired) electrons. The van der Waals surface area contributed by atoms with Gasteiger partial charge in [-0.15, -0.1) is 0 Å². The number of benzene rings is 3. The van der Waals surface area contributed by atoms with E-state index in [0.29, 0.717) is 17.9 Å². The second kappa shape index (κ2) is 10.1. The maximum atomic E-state index is 3.72. The number of hydrogen-bond donors (Lipinski definition) is 1. The first-order valence-corrected chi connectivity index (χ1v) is 10.1. The van der Waals surface area contributed by atoms with E-state index >= 15 is 0 Å². The maximum Gasteiger partial charge on any atom is 0.0116 e. The molecule has 1 heteroatoms. The van der Waals surface area contributed by atoms with E-state index in [1.54, 1.807) is 0 Å². The first kappa shape index (κ1) is 19.4. The number of nitrogens with one attached hydrogen (secondary N) is 1. The fraction of sp³-hybridized carbons (Fsp3) is 0.308. The van der Waals surface area contributed by atoms with Crippen LogP contribution in [0.15, 0.2) is 91.0 Å². The van der Waals surface area contributed by atoms with Crippen LogP contribution in [0.3, 0.4) is 0 Å². The van der Waals surface area contributed by atoms with Crippen molar-refractivity contribution in [3.8, 4) is 0 Å². The summed E-state index contributed by atoms with van der Waals surface area (Å²) in [6.07, 6.45) is 2.24. The van der Waals surface area contributed by atoms with E-state index in [0.717, 1.165) is 19.4 Å². The van der Waals surface area contributed by atoms with Gasteiger partial charge in [-0.2, -0.15) is 0 Å². The third-order valence-electron chi connectivity index (χ3n) is 5.36. The molecule has 0 amide bonds. The van der Waals surface area contributed by atoms with Crippen LogP contribution in [-0.2, 0) is 6.42 Å². The summed E-state index contributed by atoms with van der Waals surface area (Å²) in [6, 6.07) is 33.1. The summed E-state index contributed by atoms with van der Waals surface area (Å²) in [6.45, 7) is 5.73. The Hall–Kier alpha value is -2.38. The molecule has 0 aromatic heterocycles. The second-order valence-electron chi connectivity index (χ2n) is 7.60. The molecule has 0 aliphatic rings. The highest BCUT2D eigenvalue weighted by Crippen LogP contribution is 2.34. The summed E-state index contributed by atoms with van der Waals surface area (Å²) >= 11 is 0. The van der Waals surface area contributed by atoms with Crippen LogP contribution in [0.2, 0.25) is 0 Å². The fourth-order valence-electron chi connectivity index (χ4n) is 4.05. The van der Waals surface area contributed by atoms with E-state index in [1.165, 1.54) is 16.7 Å². The van der Waals surface area contributed by atoms with Crippen molar-refractivity contribution in [2.24, 2.45) is 5.92 Å². The molecular weight excluding hydrogens is 326 g/mol. The Kier molecular flexibility index (Phi) is 7.24. The Morgan fingerprint density at radius 2 is 1.15 bits per heavy atom. The van der Waals surface area contributed by atoms with Gasteiger partial charge in [0.1, 0.15) is 0 Å². The van der Waals surface area contributed by atoms with Gasteiger partial charge in [0.25, 0.3) is 0 Å². The summed E-state index contributed by atoms with van der Waals surface area (Å²) < 4.78 is 0. The van der Waals surface area contributed by atoms with Crippen molar-refractivity contribution >= 4 is 0 Å². The molecule has 2 atom stereocenters. The van der Waals surface area contributed by atoms with Crippen LogP contribution >= 0.6 is 0 Å². The van der Waals surface area contributed by atoms with Crippen molar-refractivity contribution in [1.82, 2.24) is 5.32 Å². The summed E-state index contributed by atoms with van der Waals surface area (Å²) in [5.74, 6) is 1.000. The van der Waals surface area contributed by atoms with E-state index in [1.807, 2.05) is 0 Å². The SMILES string of the molecule is C[C@H](C[C@@H](C)C(c1ccccc1)c1ccccc1)NCCc1ccccc1. The normalized spacial score (nSPS) is 13.4. The van der Waals surface area contributed by atoms with E-state index in [-0.39, 0.29) is 0 Å². The lowest BCUT2D eigenvalue weighted by Crippen LogP contribution is -2.31. The minimum absolute atomic E-state index is 0.436. The number of hydrogen-bond acceptors (Lipinski definition) is 1. The Balaban J connectivity index is 1.61. The molecule has 1 nitrogen and oxygen atoms in total. The minimum atomic E-state index is 0.436. The summed E-state index contributed by atoms with van der Waals surface area (Å²) in [5, 5.41) is 3.72. The van der Waals surface area contributed by atoms with E-state index in [4.69, 9.17) is 0 Å². The third-order valence-corrected chi connectivity index (χ3v) is 5.36. The van der Waals surface area contributed by atoms with Crippen LogP contribution in [0.5, 0.6) is 0 Å². The largest absolute Gasteiger partial charge is 0.314 e. The smallest absolute Gasteiger partial charge is 0.0116 e. The second-order valence-corrected chi connectivity index (χ2v) is 7.60. The molecule has 3 aromatic rings. The van der Waals surface area contributed by atoms with Crippen molar-refractivity contribution in [2.75, 3.05) is 6.54 Å². The molecule has 0 fully saturated rings. The molecule has 3 rings (SSSR count). The number of rotatable bonds is 9. The molecule has 0 aliphatic heterocycles. The lowest BCUT2D eigenvalue weighted by molar-refractivity contribution is 0.393. The first-order chi connectivity index (χ1) is 13.2. The van der Waals surface area contributed by atoms with E-state index < -0.39 is 0 Å². The summed E-state index contributed by atoms with van der Waals surface area (Å²) in [4.78, 5) is 0. The molecule has 3 aromatic carbocycles. The van der Waals surface area contributed by atoms with E-state index in [9.17, 15) is 0 Å². The molecule has 0 spiro atoms. The van der Waals surface area contributed by atoms with Gasteiger partial charge in [0.2, 0.25) is 0 Å². The zero-order chi connectivity index (χ0) is 18.9. The van der Waals surface area contributed by atoms with Crippen LogP contribution in [0.1, 0.15) is 42.9 Å². The topological polar surface area (TPSA) is 12.0 Å². The zero-order valence-electron chi connectivity index (χ0n) is 16.5. The van der Waals surface area contributed by atoms with E-state index in [2.05, 4.69) is 110 Å². The average molecular weight is 358 g/mol. The van der Waals surface area contributed by atoms with Crippen molar-refractivity contribution < 1.29 is 0 Å². The standard InChI is InChI=1S/C26H31N/c1-21(20-22(2)27-19-18-23-12-6-3-7-13-23)26(24-14-8-4-9-15-24)25-16-10-5-11-17-25/h3-17,21-22,26-27H,18-20H2,1-2H3/t21-,22-/m1/s1. The molecule has 0 heterocycles. The lowest BCUT2D eigenvalue weighted by Gasteiger charge is -2.28. The van der Waals surface area contributed by atoms with Gasteiger partial charge in [0.05, 0.1) is 0 Å². The Labute approximate surface area is 164 Å². The minimum Gasteiger partial charge on any atom is -0.314 e. The van der Waals surface area contributed by atoms with Gasteiger partial charge in [-0.3, -0.25) is 0 Å². The van der Waals surface area contributed by atoms with Gasteiger partial charge in [-0.1, -0.05) is 97.9 Å². The lowest BCUT2D eigenvalue weighted by atomic mass is 9.79. The Bertz CT molecular complexity index is 728. The molecule has 0 unspecified atom stereocenters. The van der Waals surface area contributed by atoms with Gasteiger partial charge >= 0.3 is 0 Å².